The van der Waals surface area contributed by atoms with Gasteiger partial charge in [0, 0.05) is 12.6 Å². The van der Waals surface area contributed by atoms with Gasteiger partial charge in [-0.05, 0) is 18.7 Å². The summed E-state index contributed by atoms with van der Waals surface area (Å²) in [7, 11) is 0. The molecule has 0 atom stereocenters. The first-order valence-corrected chi connectivity index (χ1v) is 6.61. The van der Waals surface area contributed by atoms with Crippen LogP contribution in [0, 0.1) is 10.1 Å². The van der Waals surface area contributed by atoms with Crippen molar-refractivity contribution in [3.05, 3.63) is 32.7 Å². The van der Waals surface area contributed by atoms with Crippen LogP contribution in [0.1, 0.15) is 6.92 Å². The van der Waals surface area contributed by atoms with E-state index in [1.807, 2.05) is 6.92 Å². The summed E-state index contributed by atoms with van der Waals surface area (Å²) < 4.78 is 0. The van der Waals surface area contributed by atoms with Crippen LogP contribution in [0.15, 0.2) is 27.2 Å². The molecule has 0 saturated heterocycles. The van der Waals surface area contributed by atoms with Gasteiger partial charge < -0.3 is 16.0 Å². The number of nitrogens with one attached hydrogen (secondary N) is 2. The highest BCUT2D eigenvalue weighted by Gasteiger charge is 2.19. The predicted molar refractivity (Wildman–Crippen MR) is 76.2 cm³/mol. The molecular weight excluding hydrogens is 298 g/mol. The van der Waals surface area contributed by atoms with Gasteiger partial charge in [-0.3, -0.25) is 14.9 Å². The molecule has 0 fully saturated rings. The van der Waals surface area contributed by atoms with Crippen molar-refractivity contribution in [2.75, 3.05) is 17.6 Å². The average Bonchev–Trinajstić information content (AvgIpc) is 2.37. The van der Waals surface area contributed by atoms with Gasteiger partial charge in [0.25, 0.3) is 5.56 Å². The highest BCUT2D eigenvalue weighted by atomic mass is 32.2. The van der Waals surface area contributed by atoms with Crippen LogP contribution < -0.4 is 16.6 Å². The molecule has 0 amide bonds. The minimum absolute atomic E-state index is 0.0184. The van der Waals surface area contributed by atoms with Crippen molar-refractivity contribution in [2.45, 2.75) is 17.1 Å². The number of nitrogen functional groups attached to an aromatic ring is 1. The van der Waals surface area contributed by atoms with E-state index >= 15 is 0 Å². The minimum Gasteiger partial charge on any atom is -0.383 e. The second kappa shape index (κ2) is 6.17. The topological polar surface area (TPSA) is 153 Å². The van der Waals surface area contributed by atoms with Crippen molar-refractivity contribution in [2.24, 2.45) is 0 Å². The Kier molecular flexibility index (Phi) is 4.33. The van der Waals surface area contributed by atoms with E-state index in [9.17, 15) is 14.9 Å². The molecule has 10 nitrogen and oxygen atoms in total. The molecule has 2 aromatic heterocycles. The zero-order chi connectivity index (χ0) is 15.4. The zero-order valence-electron chi connectivity index (χ0n) is 10.9. The van der Waals surface area contributed by atoms with Crippen molar-refractivity contribution in [3.8, 4) is 0 Å². The number of aromatic amines is 1. The third-order valence-corrected chi connectivity index (χ3v) is 3.08. The third kappa shape index (κ3) is 3.66. The second-order valence-corrected chi connectivity index (χ2v) is 4.73. The maximum absolute atomic E-state index is 11.3. The fourth-order valence-corrected chi connectivity index (χ4v) is 2.25. The number of nitrogens with zero attached hydrogens (tertiary/aromatic N) is 4. The number of rotatable bonds is 5. The Morgan fingerprint density at radius 3 is 2.90 bits per heavy atom. The summed E-state index contributed by atoms with van der Waals surface area (Å²) in [4.78, 5) is 35.9. The van der Waals surface area contributed by atoms with Crippen LogP contribution in [0.25, 0.3) is 0 Å². The quantitative estimate of drug-likeness (QED) is 0.312. The van der Waals surface area contributed by atoms with Gasteiger partial charge in [-0.1, -0.05) is 0 Å². The molecular formula is C10H11N7O3S. The van der Waals surface area contributed by atoms with Gasteiger partial charge in [-0.2, -0.15) is 4.98 Å². The molecule has 4 N–H and O–H groups in total. The molecule has 0 aliphatic carbocycles. The Balaban J connectivity index is 2.42. The Morgan fingerprint density at radius 1 is 1.52 bits per heavy atom. The molecule has 0 bridgehead atoms. The molecule has 110 valence electrons. The molecule has 0 aromatic carbocycles. The fourth-order valence-electron chi connectivity index (χ4n) is 1.40. The maximum atomic E-state index is 11.3. The van der Waals surface area contributed by atoms with Crippen molar-refractivity contribution in [3.63, 3.8) is 0 Å². The van der Waals surface area contributed by atoms with Gasteiger partial charge >= 0.3 is 5.69 Å². The lowest BCUT2D eigenvalue weighted by Gasteiger charge is -2.05. The van der Waals surface area contributed by atoms with Crippen LogP contribution in [0.2, 0.25) is 0 Å². The van der Waals surface area contributed by atoms with Crippen molar-refractivity contribution < 1.29 is 4.92 Å². The Bertz CT molecular complexity index is 733. The molecule has 2 aromatic rings. The van der Waals surface area contributed by atoms with Gasteiger partial charge in [0.2, 0.25) is 5.95 Å². The van der Waals surface area contributed by atoms with E-state index in [-0.39, 0.29) is 27.6 Å². The number of H-pyrrole nitrogens is 1. The first-order chi connectivity index (χ1) is 9.99. The summed E-state index contributed by atoms with van der Waals surface area (Å²) >= 11 is 0.831. The van der Waals surface area contributed by atoms with Crippen LogP contribution in [0.3, 0.4) is 0 Å². The predicted octanol–water partition coefficient (Wildman–Crippen LogP) is 0.633. The van der Waals surface area contributed by atoms with Gasteiger partial charge in [0.15, 0.2) is 10.2 Å². The number of nitrogens with two attached hydrogens (primary N) is 1. The van der Waals surface area contributed by atoms with E-state index in [1.165, 1.54) is 0 Å². The van der Waals surface area contributed by atoms with Crippen LogP contribution in [-0.2, 0) is 0 Å². The van der Waals surface area contributed by atoms with Crippen LogP contribution >= 0.6 is 11.8 Å². The molecule has 0 unspecified atom stereocenters. The molecule has 0 radical (unpaired) electrons. The normalized spacial score (nSPS) is 10.3. The van der Waals surface area contributed by atoms with Crippen molar-refractivity contribution >= 4 is 29.2 Å². The van der Waals surface area contributed by atoms with Crippen LogP contribution in [0.5, 0.6) is 0 Å². The lowest BCUT2D eigenvalue weighted by Crippen LogP contribution is -2.10. The summed E-state index contributed by atoms with van der Waals surface area (Å²) in [5.41, 5.74) is 4.73. The summed E-state index contributed by atoms with van der Waals surface area (Å²) in [6.45, 7) is 2.41. The zero-order valence-corrected chi connectivity index (χ0v) is 11.7. The number of aromatic nitrogens is 4. The lowest BCUT2D eigenvalue weighted by atomic mass is 10.5. The summed E-state index contributed by atoms with van der Waals surface area (Å²) in [5.74, 6) is 0.265. The van der Waals surface area contributed by atoms with E-state index in [1.54, 1.807) is 0 Å². The molecule has 0 aliphatic heterocycles. The number of hydrogen-bond acceptors (Lipinski definition) is 9. The molecule has 21 heavy (non-hydrogen) atoms. The standard InChI is InChI=1S/C10H11N7O3S/c1-2-12-9-13-4-5(17(19)20)8(16-9)21-10-14-6(11)3-7(18)15-10/h3-4H,2H2,1H3,(H,12,13,16)(H3,11,14,15,18). The largest absolute Gasteiger partial charge is 0.383 e. The summed E-state index contributed by atoms with van der Waals surface area (Å²) in [5, 5.41) is 14.0. The molecule has 2 rings (SSSR count). The van der Waals surface area contributed by atoms with E-state index in [4.69, 9.17) is 5.73 Å². The highest BCUT2D eigenvalue weighted by Crippen LogP contribution is 2.31. The van der Waals surface area contributed by atoms with E-state index < -0.39 is 10.5 Å². The van der Waals surface area contributed by atoms with Crippen LogP contribution in [-0.4, -0.2) is 31.4 Å². The van der Waals surface area contributed by atoms with Gasteiger partial charge in [-0.15, -0.1) is 0 Å². The highest BCUT2D eigenvalue weighted by molar-refractivity contribution is 7.99. The monoisotopic (exact) mass is 309 g/mol. The second-order valence-electron chi connectivity index (χ2n) is 3.75. The molecule has 0 saturated carbocycles. The SMILES string of the molecule is CCNc1ncc([N+](=O)[O-])c(Sc2nc(N)cc(=O)[nH]2)n1. The Hall–Kier alpha value is -2.69. The summed E-state index contributed by atoms with van der Waals surface area (Å²) in [6.07, 6.45) is 1.09. The van der Waals surface area contributed by atoms with E-state index in [2.05, 4.69) is 25.3 Å². The van der Waals surface area contributed by atoms with Crippen LogP contribution in [0.4, 0.5) is 17.5 Å². The maximum Gasteiger partial charge on any atom is 0.320 e. The number of nitro groups is 1. The third-order valence-electron chi connectivity index (χ3n) is 2.20. The molecule has 0 spiro atoms. The van der Waals surface area contributed by atoms with Crippen molar-refractivity contribution in [1.82, 2.24) is 19.9 Å². The first kappa shape index (κ1) is 14.7. The van der Waals surface area contributed by atoms with E-state index in [0.29, 0.717) is 6.54 Å². The van der Waals surface area contributed by atoms with Gasteiger partial charge in [0.05, 0.1) is 4.92 Å². The minimum atomic E-state index is -0.609. The van der Waals surface area contributed by atoms with Gasteiger partial charge in [0.1, 0.15) is 12.0 Å². The molecule has 11 heteroatoms. The smallest absolute Gasteiger partial charge is 0.320 e. The Labute approximate surface area is 122 Å². The number of anilines is 2. The first-order valence-electron chi connectivity index (χ1n) is 5.79. The average molecular weight is 309 g/mol. The summed E-state index contributed by atoms with van der Waals surface area (Å²) in [6, 6.07) is 1.11. The van der Waals surface area contributed by atoms with Crippen molar-refractivity contribution in [1.29, 1.82) is 0 Å². The Morgan fingerprint density at radius 2 is 2.29 bits per heavy atom. The lowest BCUT2D eigenvalue weighted by molar-refractivity contribution is -0.388. The van der Waals surface area contributed by atoms with Gasteiger partial charge in [-0.25, -0.2) is 9.97 Å². The number of hydrogen-bond donors (Lipinski definition) is 3. The fraction of sp³-hybridized carbons (Fsp3) is 0.200. The molecule has 2 heterocycles. The molecule has 0 aliphatic rings. The van der Waals surface area contributed by atoms with E-state index in [0.717, 1.165) is 24.0 Å².